The number of rotatable bonds is 18. The summed E-state index contributed by atoms with van der Waals surface area (Å²) in [5.74, 6) is -2.73. The van der Waals surface area contributed by atoms with E-state index in [2.05, 4.69) is 26.6 Å². The number of nitrogens with zero attached hydrogens (tertiary/aromatic N) is 1. The van der Waals surface area contributed by atoms with Gasteiger partial charge in [0, 0.05) is 31.3 Å². The average molecular weight is 730 g/mol. The summed E-state index contributed by atoms with van der Waals surface area (Å²) in [5.41, 5.74) is 5.27. The van der Waals surface area contributed by atoms with Crippen molar-refractivity contribution in [1.82, 2.24) is 21.3 Å². The Morgan fingerprint density at radius 3 is 2.04 bits per heavy atom. The SMILES string of the molecule is CC(=O)N[C@@H](COC(C)(C)C)C(=O)N[C@H](C(=O)N[C@@H](CCCNC(N)=O)C(=O)Nc1ccc(COC(=O)Oc2ccc([N+](=O)[O-])cc2)cc1)C(C)C. The van der Waals surface area contributed by atoms with Crippen molar-refractivity contribution in [1.29, 1.82) is 0 Å². The normalized spacial score (nSPS) is 12.8. The fourth-order valence-electron chi connectivity index (χ4n) is 4.42. The predicted octanol–water partition coefficient (Wildman–Crippen LogP) is 2.64. The third-order valence-electron chi connectivity index (χ3n) is 7.05. The summed E-state index contributed by atoms with van der Waals surface area (Å²) < 4.78 is 15.8. The first kappa shape index (κ1) is 42.4. The maximum Gasteiger partial charge on any atom is 0.514 e. The predicted molar refractivity (Wildman–Crippen MR) is 188 cm³/mol. The molecule has 0 saturated carbocycles. The van der Waals surface area contributed by atoms with E-state index in [4.69, 9.17) is 19.9 Å². The molecule has 0 aliphatic heterocycles. The van der Waals surface area contributed by atoms with Crippen molar-refractivity contribution >= 4 is 47.2 Å². The topological polar surface area (TPSA) is 259 Å². The number of nitrogens with one attached hydrogen (secondary N) is 5. The molecule has 2 aromatic rings. The minimum absolute atomic E-state index is 0.0580. The van der Waals surface area contributed by atoms with Crippen LogP contribution in [0.5, 0.6) is 5.75 Å². The van der Waals surface area contributed by atoms with Crippen LogP contribution in [-0.2, 0) is 35.3 Å². The lowest BCUT2D eigenvalue weighted by Crippen LogP contribution is -2.58. The van der Waals surface area contributed by atoms with Crippen molar-refractivity contribution < 1.29 is 47.9 Å². The highest BCUT2D eigenvalue weighted by atomic mass is 16.7. The fourth-order valence-corrected chi connectivity index (χ4v) is 4.42. The summed E-state index contributed by atoms with van der Waals surface area (Å²) in [6.45, 7) is 9.84. The van der Waals surface area contributed by atoms with Crippen molar-refractivity contribution in [2.45, 2.75) is 84.7 Å². The lowest BCUT2D eigenvalue weighted by molar-refractivity contribution is -0.384. The number of carbonyl (C=O) groups is 6. The zero-order valence-electron chi connectivity index (χ0n) is 30.0. The molecule has 52 heavy (non-hydrogen) atoms. The van der Waals surface area contributed by atoms with Crippen molar-refractivity contribution in [3.8, 4) is 5.75 Å². The van der Waals surface area contributed by atoms with Gasteiger partial charge in [0.25, 0.3) is 5.69 Å². The first-order valence-electron chi connectivity index (χ1n) is 16.4. The maximum atomic E-state index is 13.5. The number of anilines is 1. The number of benzene rings is 2. The number of carbonyl (C=O) groups excluding carboxylic acids is 6. The molecule has 0 fully saturated rings. The molecular weight excluding hydrogens is 682 g/mol. The lowest BCUT2D eigenvalue weighted by atomic mass is 10.0. The number of hydrogen-bond donors (Lipinski definition) is 6. The molecule has 2 rings (SSSR count). The van der Waals surface area contributed by atoms with Crippen molar-refractivity contribution in [2.75, 3.05) is 18.5 Å². The van der Waals surface area contributed by atoms with Crippen LogP contribution in [0.3, 0.4) is 0 Å². The number of non-ortho nitro benzene ring substituents is 1. The quantitative estimate of drug-likeness (QED) is 0.0427. The Labute approximate surface area is 301 Å². The number of nitro benzene ring substituents is 1. The molecule has 6 amide bonds. The Morgan fingerprint density at radius 2 is 1.50 bits per heavy atom. The van der Waals surface area contributed by atoms with Gasteiger partial charge in [-0.2, -0.15) is 0 Å². The number of nitrogens with two attached hydrogens (primary N) is 1. The molecule has 0 bridgehead atoms. The van der Waals surface area contributed by atoms with Crippen molar-refractivity contribution in [3.05, 3.63) is 64.2 Å². The molecule has 0 saturated heterocycles. The maximum absolute atomic E-state index is 13.5. The number of hydrogen-bond acceptors (Lipinski definition) is 11. The largest absolute Gasteiger partial charge is 0.514 e. The van der Waals surface area contributed by atoms with Crippen LogP contribution in [0, 0.1) is 16.0 Å². The third kappa shape index (κ3) is 15.8. The van der Waals surface area contributed by atoms with E-state index in [9.17, 15) is 38.9 Å². The number of urea groups is 1. The number of ether oxygens (including phenoxy) is 3. The molecule has 18 nitrogen and oxygen atoms in total. The molecule has 18 heteroatoms. The van der Waals surface area contributed by atoms with Gasteiger partial charge < -0.3 is 46.5 Å². The van der Waals surface area contributed by atoms with Gasteiger partial charge in [0.15, 0.2) is 0 Å². The molecule has 0 heterocycles. The monoisotopic (exact) mass is 729 g/mol. The Kier molecular flexibility index (Phi) is 16.4. The van der Waals surface area contributed by atoms with Gasteiger partial charge in [-0.1, -0.05) is 26.0 Å². The molecule has 2 aromatic carbocycles. The molecule has 0 unspecified atom stereocenters. The van der Waals surface area contributed by atoms with Crippen LogP contribution in [0.4, 0.5) is 21.0 Å². The van der Waals surface area contributed by atoms with Gasteiger partial charge in [0.1, 0.15) is 30.5 Å². The highest BCUT2D eigenvalue weighted by Crippen LogP contribution is 2.18. The van der Waals surface area contributed by atoms with Crippen LogP contribution in [0.1, 0.15) is 59.9 Å². The van der Waals surface area contributed by atoms with Gasteiger partial charge in [0.05, 0.1) is 17.1 Å². The molecule has 0 aliphatic rings. The van der Waals surface area contributed by atoms with Gasteiger partial charge in [-0.3, -0.25) is 29.3 Å². The zero-order valence-corrected chi connectivity index (χ0v) is 30.0. The summed E-state index contributed by atoms with van der Waals surface area (Å²) in [6.07, 6.45) is -0.677. The second-order valence-electron chi connectivity index (χ2n) is 13.0. The standard InChI is InChI=1S/C34H47N7O11/c1-20(2)28(40-30(44)27(37-21(3)42)19-51-34(4,5)6)31(45)39-26(8-7-17-36-32(35)46)29(43)38-23-11-9-22(10-12-23)18-50-33(47)52-25-15-13-24(14-16-25)41(48)49/h9-16,20,26-28H,7-8,17-19H2,1-6H3,(H,37,42)(H,38,43)(H,39,45)(H,40,44)(H3,35,36,46)/t26-,27-,28-/m0/s1. The van der Waals surface area contributed by atoms with Crippen LogP contribution in [-0.4, -0.2) is 77.6 Å². The minimum Gasteiger partial charge on any atom is -0.429 e. The van der Waals surface area contributed by atoms with E-state index in [1.54, 1.807) is 58.9 Å². The smallest absolute Gasteiger partial charge is 0.429 e. The third-order valence-corrected chi connectivity index (χ3v) is 7.05. The van der Waals surface area contributed by atoms with Crippen LogP contribution in [0.25, 0.3) is 0 Å². The Morgan fingerprint density at radius 1 is 0.865 bits per heavy atom. The number of nitro groups is 1. The first-order valence-corrected chi connectivity index (χ1v) is 16.4. The molecule has 0 aromatic heterocycles. The summed E-state index contributed by atoms with van der Waals surface area (Å²) in [5, 5.41) is 23.8. The van der Waals surface area contributed by atoms with E-state index >= 15 is 0 Å². The van der Waals surface area contributed by atoms with E-state index in [-0.39, 0.29) is 44.0 Å². The Balaban J connectivity index is 2.08. The highest BCUT2D eigenvalue weighted by Gasteiger charge is 2.32. The van der Waals surface area contributed by atoms with Gasteiger partial charge in [-0.05, 0) is 69.4 Å². The summed E-state index contributed by atoms with van der Waals surface area (Å²) >= 11 is 0. The first-order chi connectivity index (χ1) is 24.3. The molecule has 0 spiro atoms. The second-order valence-corrected chi connectivity index (χ2v) is 13.0. The van der Waals surface area contributed by atoms with Crippen molar-refractivity contribution in [3.63, 3.8) is 0 Å². The van der Waals surface area contributed by atoms with Crippen LogP contribution in [0.15, 0.2) is 48.5 Å². The molecule has 0 radical (unpaired) electrons. The van der Waals surface area contributed by atoms with E-state index < -0.39 is 70.4 Å². The summed E-state index contributed by atoms with van der Waals surface area (Å²) in [4.78, 5) is 85.3. The average Bonchev–Trinajstić information content (AvgIpc) is 3.05. The minimum atomic E-state index is -1.10. The van der Waals surface area contributed by atoms with E-state index in [1.165, 1.54) is 31.2 Å². The van der Waals surface area contributed by atoms with Gasteiger partial charge in [-0.25, -0.2) is 9.59 Å². The van der Waals surface area contributed by atoms with Crippen LogP contribution >= 0.6 is 0 Å². The number of amides is 6. The molecule has 0 aliphatic carbocycles. The molecule has 7 N–H and O–H groups in total. The van der Waals surface area contributed by atoms with Gasteiger partial charge in [0.2, 0.25) is 23.6 Å². The van der Waals surface area contributed by atoms with Crippen LogP contribution in [0.2, 0.25) is 0 Å². The highest BCUT2D eigenvalue weighted by molar-refractivity contribution is 5.99. The Hall–Kier alpha value is -5.78. The van der Waals surface area contributed by atoms with Gasteiger partial charge >= 0.3 is 12.2 Å². The molecular formula is C34H47N7O11. The molecule has 284 valence electrons. The molecule has 3 atom stereocenters. The van der Waals surface area contributed by atoms with Crippen molar-refractivity contribution in [2.24, 2.45) is 11.7 Å². The summed E-state index contributed by atoms with van der Waals surface area (Å²) in [7, 11) is 0. The zero-order chi connectivity index (χ0) is 39.0. The Bertz CT molecular complexity index is 1560. The second kappa shape index (κ2) is 20.2. The van der Waals surface area contributed by atoms with E-state index in [1.807, 2.05) is 0 Å². The lowest BCUT2D eigenvalue weighted by Gasteiger charge is -2.28. The number of primary amides is 1. The van der Waals surface area contributed by atoms with Gasteiger partial charge in [-0.15, -0.1) is 0 Å². The van der Waals surface area contributed by atoms with Crippen LogP contribution < -0.4 is 37.1 Å². The fraction of sp³-hybridized carbons (Fsp3) is 0.471. The van der Waals surface area contributed by atoms with E-state index in [0.717, 1.165) is 0 Å². The summed E-state index contributed by atoms with van der Waals surface area (Å²) in [6, 6.07) is 7.10. The van der Waals surface area contributed by atoms with E-state index in [0.29, 0.717) is 11.3 Å².